The van der Waals surface area contributed by atoms with Crippen LogP contribution < -0.4 is 4.74 Å². The molecule has 2 aromatic rings. The summed E-state index contributed by atoms with van der Waals surface area (Å²) < 4.78 is 18.7. The van der Waals surface area contributed by atoms with Gasteiger partial charge in [-0.3, -0.25) is 9.69 Å². The minimum Gasteiger partial charge on any atom is -0.494 e. The number of benzene rings is 2. The van der Waals surface area contributed by atoms with Gasteiger partial charge in [0.15, 0.2) is 11.6 Å². The summed E-state index contributed by atoms with van der Waals surface area (Å²) in [6.07, 6.45) is 0. The fourth-order valence-electron chi connectivity index (χ4n) is 2.54. The Bertz CT molecular complexity index is 786. The van der Waals surface area contributed by atoms with E-state index in [0.717, 1.165) is 5.56 Å². The highest BCUT2D eigenvalue weighted by Gasteiger charge is 2.15. The molecule has 4 nitrogen and oxygen atoms in total. The number of hydrogen-bond donors (Lipinski definition) is 0. The topological polar surface area (TPSA) is 32.8 Å². The molecule has 0 aromatic heterocycles. The van der Waals surface area contributed by atoms with E-state index in [1.807, 2.05) is 24.1 Å². The quantitative estimate of drug-likeness (QED) is 0.699. The lowest BCUT2D eigenvalue weighted by Gasteiger charge is -2.22. The molecular formula is C19H21Cl2FN2O2. The van der Waals surface area contributed by atoms with Gasteiger partial charge in [0.1, 0.15) is 0 Å². The van der Waals surface area contributed by atoms with Crippen LogP contribution in [0.25, 0.3) is 0 Å². The van der Waals surface area contributed by atoms with Crippen molar-refractivity contribution in [2.24, 2.45) is 0 Å². The first-order chi connectivity index (χ1) is 12.3. The van der Waals surface area contributed by atoms with Crippen molar-refractivity contribution < 1.29 is 13.9 Å². The molecule has 0 saturated carbocycles. The summed E-state index contributed by atoms with van der Waals surface area (Å²) in [7, 11) is 4.93. The standard InChI is InChI=1S/C19H21Cl2FN2O2/c1-23(11-14-5-4-6-15(20)19(14)21)12-18(25)24(2)10-13-7-8-17(26-3)16(22)9-13/h4-9H,10-12H2,1-3H3. The van der Waals surface area contributed by atoms with Crippen LogP contribution in [-0.4, -0.2) is 43.5 Å². The molecule has 0 heterocycles. The van der Waals surface area contributed by atoms with Gasteiger partial charge in [-0.2, -0.15) is 0 Å². The first-order valence-electron chi connectivity index (χ1n) is 7.99. The van der Waals surface area contributed by atoms with Crippen LogP contribution in [0.1, 0.15) is 11.1 Å². The molecule has 0 aliphatic heterocycles. The van der Waals surface area contributed by atoms with Crippen molar-refractivity contribution in [1.29, 1.82) is 0 Å². The molecule has 0 spiro atoms. The summed E-state index contributed by atoms with van der Waals surface area (Å²) in [5, 5.41) is 0.984. The van der Waals surface area contributed by atoms with Crippen molar-refractivity contribution in [3.8, 4) is 5.75 Å². The Hall–Kier alpha value is -1.82. The zero-order valence-corrected chi connectivity index (χ0v) is 16.4. The first kappa shape index (κ1) is 20.5. The smallest absolute Gasteiger partial charge is 0.236 e. The molecule has 0 aliphatic rings. The monoisotopic (exact) mass is 398 g/mol. The molecule has 26 heavy (non-hydrogen) atoms. The van der Waals surface area contributed by atoms with E-state index in [-0.39, 0.29) is 18.2 Å². The van der Waals surface area contributed by atoms with Crippen molar-refractivity contribution in [1.82, 2.24) is 9.80 Å². The molecule has 1 amide bonds. The average Bonchev–Trinajstić information content (AvgIpc) is 2.59. The zero-order chi connectivity index (χ0) is 19.3. The number of carbonyl (C=O) groups is 1. The number of rotatable bonds is 7. The van der Waals surface area contributed by atoms with Gasteiger partial charge >= 0.3 is 0 Å². The number of ether oxygens (including phenoxy) is 1. The van der Waals surface area contributed by atoms with Gasteiger partial charge in [-0.15, -0.1) is 0 Å². The van der Waals surface area contributed by atoms with Crippen LogP contribution in [0.15, 0.2) is 36.4 Å². The van der Waals surface area contributed by atoms with Crippen molar-refractivity contribution in [2.45, 2.75) is 13.1 Å². The fraction of sp³-hybridized carbons (Fsp3) is 0.316. The van der Waals surface area contributed by atoms with Gasteiger partial charge < -0.3 is 9.64 Å². The van der Waals surface area contributed by atoms with Crippen LogP contribution in [-0.2, 0) is 17.9 Å². The van der Waals surface area contributed by atoms with E-state index >= 15 is 0 Å². The molecule has 0 fully saturated rings. The van der Waals surface area contributed by atoms with Crippen LogP contribution in [0.5, 0.6) is 5.75 Å². The van der Waals surface area contributed by atoms with Crippen LogP contribution >= 0.6 is 23.2 Å². The summed E-state index contributed by atoms with van der Waals surface area (Å²) in [4.78, 5) is 15.8. The van der Waals surface area contributed by atoms with E-state index in [1.54, 1.807) is 30.1 Å². The maximum atomic E-state index is 13.8. The predicted molar refractivity (Wildman–Crippen MR) is 102 cm³/mol. The Morgan fingerprint density at radius 1 is 1.15 bits per heavy atom. The van der Waals surface area contributed by atoms with Crippen molar-refractivity contribution >= 4 is 29.1 Å². The highest BCUT2D eigenvalue weighted by molar-refractivity contribution is 6.42. The third kappa shape index (κ3) is 5.34. The summed E-state index contributed by atoms with van der Waals surface area (Å²) in [5.41, 5.74) is 1.55. The van der Waals surface area contributed by atoms with Crippen LogP contribution in [0.3, 0.4) is 0 Å². The SMILES string of the molecule is COc1ccc(CN(C)C(=O)CN(C)Cc2cccc(Cl)c2Cl)cc1F. The summed E-state index contributed by atoms with van der Waals surface area (Å²) in [6, 6.07) is 10.1. The van der Waals surface area contributed by atoms with E-state index in [0.29, 0.717) is 28.7 Å². The largest absolute Gasteiger partial charge is 0.494 e. The van der Waals surface area contributed by atoms with Crippen molar-refractivity contribution in [2.75, 3.05) is 27.7 Å². The van der Waals surface area contributed by atoms with E-state index in [2.05, 4.69) is 0 Å². The Balaban J connectivity index is 1.93. The van der Waals surface area contributed by atoms with Gasteiger partial charge in [0.2, 0.25) is 5.91 Å². The van der Waals surface area contributed by atoms with Crippen LogP contribution in [0.2, 0.25) is 10.0 Å². The number of methoxy groups -OCH3 is 1. The van der Waals surface area contributed by atoms with E-state index < -0.39 is 5.82 Å². The summed E-state index contributed by atoms with van der Waals surface area (Å²) in [5.74, 6) is -0.346. The van der Waals surface area contributed by atoms with Crippen LogP contribution in [0, 0.1) is 5.82 Å². The number of likely N-dealkylation sites (N-methyl/N-ethyl adjacent to an activating group) is 2. The lowest BCUT2D eigenvalue weighted by molar-refractivity contribution is -0.131. The lowest BCUT2D eigenvalue weighted by atomic mass is 10.2. The number of hydrogen-bond acceptors (Lipinski definition) is 3. The molecule has 0 bridgehead atoms. The van der Waals surface area contributed by atoms with Gasteiger partial charge in [-0.1, -0.05) is 41.4 Å². The van der Waals surface area contributed by atoms with Crippen molar-refractivity contribution in [3.05, 3.63) is 63.4 Å². The van der Waals surface area contributed by atoms with Crippen LogP contribution in [0.4, 0.5) is 4.39 Å². The summed E-state index contributed by atoms with van der Waals surface area (Å²) in [6.45, 7) is 1.01. The predicted octanol–water partition coefficient (Wildman–Crippen LogP) is 4.23. The molecule has 2 aromatic carbocycles. The fourth-order valence-corrected chi connectivity index (χ4v) is 2.92. The Labute approximate surface area is 163 Å². The van der Waals surface area contributed by atoms with Gasteiger partial charge in [-0.05, 0) is 36.4 Å². The van der Waals surface area contributed by atoms with Crippen molar-refractivity contribution in [3.63, 3.8) is 0 Å². The number of nitrogens with zero attached hydrogens (tertiary/aromatic N) is 2. The average molecular weight is 399 g/mol. The molecule has 0 N–H and O–H groups in total. The second-order valence-corrected chi connectivity index (χ2v) is 6.89. The molecule has 0 atom stereocenters. The molecule has 140 valence electrons. The van der Waals surface area contributed by atoms with Gasteiger partial charge in [0.25, 0.3) is 0 Å². The highest BCUT2D eigenvalue weighted by Crippen LogP contribution is 2.26. The maximum absolute atomic E-state index is 13.8. The molecule has 0 aliphatic carbocycles. The Kier molecular flexibility index (Phi) is 7.26. The van der Waals surface area contributed by atoms with E-state index in [9.17, 15) is 9.18 Å². The minimum absolute atomic E-state index is 0.0816. The second-order valence-electron chi connectivity index (χ2n) is 6.10. The normalized spacial score (nSPS) is 10.9. The number of halogens is 3. The van der Waals surface area contributed by atoms with Gasteiger partial charge in [0.05, 0.1) is 23.7 Å². The van der Waals surface area contributed by atoms with Gasteiger partial charge in [-0.25, -0.2) is 4.39 Å². The number of carbonyl (C=O) groups excluding carboxylic acids is 1. The Morgan fingerprint density at radius 2 is 1.88 bits per heavy atom. The molecular weight excluding hydrogens is 378 g/mol. The lowest BCUT2D eigenvalue weighted by Crippen LogP contribution is -2.36. The zero-order valence-electron chi connectivity index (χ0n) is 14.9. The first-order valence-corrected chi connectivity index (χ1v) is 8.75. The molecule has 0 unspecified atom stereocenters. The Morgan fingerprint density at radius 3 is 2.54 bits per heavy atom. The highest BCUT2D eigenvalue weighted by atomic mass is 35.5. The third-order valence-corrected chi connectivity index (χ3v) is 4.80. The molecule has 7 heteroatoms. The minimum atomic E-state index is -0.446. The second kappa shape index (κ2) is 9.21. The number of amides is 1. The molecule has 0 saturated heterocycles. The summed E-state index contributed by atoms with van der Waals surface area (Å²) >= 11 is 12.2. The molecule has 0 radical (unpaired) electrons. The third-order valence-electron chi connectivity index (χ3n) is 3.94. The maximum Gasteiger partial charge on any atom is 0.236 e. The molecule has 2 rings (SSSR count). The van der Waals surface area contributed by atoms with Gasteiger partial charge in [0, 0.05) is 20.1 Å². The van der Waals surface area contributed by atoms with E-state index in [4.69, 9.17) is 27.9 Å². The van der Waals surface area contributed by atoms with E-state index in [1.165, 1.54) is 13.2 Å².